The number of aromatic amines is 2. The first-order valence-electron chi connectivity index (χ1n) is 12.8. The van der Waals surface area contributed by atoms with E-state index in [4.69, 9.17) is 0 Å². The first-order chi connectivity index (χ1) is 17.7. The highest BCUT2D eigenvalue weighted by Gasteiger charge is 2.50. The molecule has 3 N–H and O–H groups in total. The molecule has 2 bridgehead atoms. The molecule has 2 aliphatic rings. The van der Waals surface area contributed by atoms with Crippen molar-refractivity contribution in [1.82, 2.24) is 25.1 Å². The number of carbonyl (C=O) groups is 3. The Balaban J connectivity index is 1.17. The molecular weight excluding hydrogens is 466 g/mol. The number of para-hydroxylation sites is 2. The largest absolute Gasteiger partial charge is 0.351 e. The van der Waals surface area contributed by atoms with E-state index in [0.717, 1.165) is 28.2 Å². The van der Waals surface area contributed by atoms with E-state index in [9.17, 15) is 14.4 Å². The fraction of sp³-hybridized carbons (Fsp3) is 0.345. The van der Waals surface area contributed by atoms with E-state index < -0.39 is 11.5 Å². The molecule has 8 heteroatoms. The fourth-order valence-electron chi connectivity index (χ4n) is 5.75. The minimum Gasteiger partial charge on any atom is -0.351 e. The summed E-state index contributed by atoms with van der Waals surface area (Å²) >= 11 is 0. The van der Waals surface area contributed by atoms with Crippen LogP contribution in [0.15, 0.2) is 60.7 Å². The second-order valence-electron chi connectivity index (χ2n) is 11.3. The van der Waals surface area contributed by atoms with Gasteiger partial charge in [0.25, 0.3) is 11.8 Å². The van der Waals surface area contributed by atoms with Gasteiger partial charge >= 0.3 is 0 Å². The third-order valence-electron chi connectivity index (χ3n) is 7.71. The molecule has 2 saturated heterocycles. The molecule has 4 aromatic rings. The van der Waals surface area contributed by atoms with E-state index in [0.29, 0.717) is 24.5 Å². The van der Waals surface area contributed by atoms with Gasteiger partial charge in [0.15, 0.2) is 0 Å². The number of nitrogens with zero attached hydrogens (tertiary/aromatic N) is 2. The maximum Gasteiger partial charge on any atom is 0.270 e. The predicted molar refractivity (Wildman–Crippen MR) is 142 cm³/mol. The van der Waals surface area contributed by atoms with E-state index in [1.165, 1.54) is 0 Å². The smallest absolute Gasteiger partial charge is 0.270 e. The van der Waals surface area contributed by atoms with Crippen LogP contribution in [0.25, 0.3) is 21.8 Å². The van der Waals surface area contributed by atoms with E-state index in [2.05, 4.69) is 15.3 Å². The van der Waals surface area contributed by atoms with Gasteiger partial charge in [-0.05, 0) is 36.1 Å². The van der Waals surface area contributed by atoms with Crippen LogP contribution in [0.2, 0.25) is 0 Å². The second-order valence-corrected chi connectivity index (χ2v) is 11.3. The molecule has 2 fully saturated rings. The minimum atomic E-state index is -0.691. The number of hydrogen-bond donors (Lipinski definition) is 3. The highest BCUT2D eigenvalue weighted by molar-refractivity contribution is 6.01. The summed E-state index contributed by atoms with van der Waals surface area (Å²) in [6.45, 7) is 6.85. The molecular formula is C29H31N5O3. The molecule has 3 amide bonds. The predicted octanol–water partition coefficient (Wildman–Crippen LogP) is 3.92. The average Bonchev–Trinajstić information content (AvgIpc) is 3.66. The highest BCUT2D eigenvalue weighted by Crippen LogP contribution is 2.34. The van der Waals surface area contributed by atoms with Crippen molar-refractivity contribution in [3.05, 3.63) is 72.1 Å². The van der Waals surface area contributed by atoms with Crippen molar-refractivity contribution >= 4 is 39.5 Å². The average molecular weight is 498 g/mol. The number of rotatable bonds is 4. The highest BCUT2D eigenvalue weighted by atomic mass is 16.2. The Hall–Kier alpha value is -4.07. The van der Waals surface area contributed by atoms with Crippen LogP contribution in [0.5, 0.6) is 0 Å². The number of amides is 3. The normalized spacial score (nSPS) is 20.1. The molecule has 6 rings (SSSR count). The van der Waals surface area contributed by atoms with Crippen LogP contribution in [0.3, 0.4) is 0 Å². The van der Waals surface area contributed by atoms with Crippen LogP contribution in [0.4, 0.5) is 0 Å². The summed E-state index contributed by atoms with van der Waals surface area (Å²) in [4.78, 5) is 50.3. The van der Waals surface area contributed by atoms with Gasteiger partial charge in [0.1, 0.15) is 17.4 Å². The van der Waals surface area contributed by atoms with Gasteiger partial charge in [0.2, 0.25) is 5.91 Å². The van der Waals surface area contributed by atoms with Gasteiger partial charge in [0.05, 0.1) is 12.1 Å². The van der Waals surface area contributed by atoms with Crippen molar-refractivity contribution in [3.8, 4) is 0 Å². The molecule has 0 aliphatic carbocycles. The number of hydrogen-bond acceptors (Lipinski definition) is 3. The third kappa shape index (κ3) is 4.06. The summed E-state index contributed by atoms with van der Waals surface area (Å²) < 4.78 is 0. The molecule has 2 aromatic heterocycles. The van der Waals surface area contributed by atoms with Gasteiger partial charge in [-0.25, -0.2) is 0 Å². The van der Waals surface area contributed by atoms with Crippen molar-refractivity contribution in [2.24, 2.45) is 5.41 Å². The lowest BCUT2D eigenvalue weighted by molar-refractivity contribution is -0.138. The lowest BCUT2D eigenvalue weighted by Gasteiger charge is -2.39. The lowest BCUT2D eigenvalue weighted by atomic mass is 9.85. The SMILES string of the molecule is CC(C)(C)[C@H](NC(=O)c1cc2ccccc2[nH]1)C(=O)N1C[C@@H]2C[C@H]1CN2C(=O)c1cc2ccccc2[nH]1. The van der Waals surface area contributed by atoms with Gasteiger partial charge in [-0.2, -0.15) is 0 Å². The zero-order valence-corrected chi connectivity index (χ0v) is 21.2. The lowest BCUT2D eigenvalue weighted by Crippen LogP contribution is -2.59. The van der Waals surface area contributed by atoms with Crippen LogP contribution >= 0.6 is 0 Å². The second kappa shape index (κ2) is 8.50. The van der Waals surface area contributed by atoms with Crippen molar-refractivity contribution in [1.29, 1.82) is 0 Å². The van der Waals surface area contributed by atoms with Gasteiger partial charge in [-0.15, -0.1) is 0 Å². The van der Waals surface area contributed by atoms with E-state index >= 15 is 0 Å². The van der Waals surface area contributed by atoms with E-state index in [1.54, 1.807) is 6.07 Å². The molecule has 190 valence electrons. The molecule has 37 heavy (non-hydrogen) atoms. The fourth-order valence-corrected chi connectivity index (χ4v) is 5.75. The molecule has 3 atom stereocenters. The van der Waals surface area contributed by atoms with Crippen LogP contribution < -0.4 is 5.32 Å². The number of aromatic nitrogens is 2. The third-order valence-corrected chi connectivity index (χ3v) is 7.71. The van der Waals surface area contributed by atoms with Crippen molar-refractivity contribution in [2.45, 2.75) is 45.3 Å². The standard InChI is InChI=1S/C29H31N5O3/c1-29(2,3)25(32-26(35)23-12-17-8-4-6-10-21(17)30-23)28(37)34-16-19-14-20(34)15-33(19)27(36)24-13-18-9-5-7-11-22(18)31-24/h4-13,19-20,25,30-31H,14-16H2,1-3H3,(H,32,35)/t19-,20-,25+/m0/s1. The molecule has 0 saturated carbocycles. The number of nitrogens with one attached hydrogen (secondary N) is 3. The number of piperazine rings is 1. The maximum absolute atomic E-state index is 13.8. The summed E-state index contributed by atoms with van der Waals surface area (Å²) in [6.07, 6.45) is 0.754. The zero-order valence-electron chi connectivity index (χ0n) is 21.2. The minimum absolute atomic E-state index is 0.0297. The summed E-state index contributed by atoms with van der Waals surface area (Å²) in [5.41, 5.74) is 2.33. The number of likely N-dealkylation sites (tertiary alicyclic amines) is 2. The summed E-state index contributed by atoms with van der Waals surface area (Å²) in [6, 6.07) is 18.5. The van der Waals surface area contributed by atoms with E-state index in [-0.39, 0.29) is 29.8 Å². The van der Waals surface area contributed by atoms with Crippen LogP contribution in [-0.2, 0) is 4.79 Å². The molecule has 0 spiro atoms. The Morgan fingerprint density at radius 2 is 1.38 bits per heavy atom. The molecule has 4 heterocycles. The molecule has 0 radical (unpaired) electrons. The van der Waals surface area contributed by atoms with Crippen LogP contribution in [0, 0.1) is 5.41 Å². The van der Waals surface area contributed by atoms with Crippen LogP contribution in [0.1, 0.15) is 48.2 Å². The molecule has 2 aromatic carbocycles. The van der Waals surface area contributed by atoms with Gasteiger partial charge < -0.3 is 25.1 Å². The Kier molecular flexibility index (Phi) is 5.36. The van der Waals surface area contributed by atoms with Crippen molar-refractivity contribution in [2.75, 3.05) is 13.1 Å². The summed E-state index contributed by atoms with van der Waals surface area (Å²) in [7, 11) is 0. The van der Waals surface area contributed by atoms with E-state index in [1.807, 2.05) is 85.2 Å². The Labute approximate surface area is 215 Å². The Bertz CT molecular complexity index is 1460. The van der Waals surface area contributed by atoms with Gasteiger partial charge in [0, 0.05) is 34.9 Å². The number of benzene rings is 2. The first kappa shape index (κ1) is 23.3. The number of H-pyrrole nitrogens is 2. The molecule has 2 aliphatic heterocycles. The van der Waals surface area contributed by atoms with Gasteiger partial charge in [-0.1, -0.05) is 57.2 Å². The Morgan fingerprint density at radius 3 is 1.95 bits per heavy atom. The monoisotopic (exact) mass is 497 g/mol. The van der Waals surface area contributed by atoms with Crippen LogP contribution in [-0.4, -0.2) is 68.7 Å². The summed E-state index contributed by atoms with van der Waals surface area (Å²) in [5.74, 6) is -0.429. The number of carbonyl (C=O) groups excluding carboxylic acids is 3. The maximum atomic E-state index is 13.8. The van der Waals surface area contributed by atoms with Crippen molar-refractivity contribution in [3.63, 3.8) is 0 Å². The van der Waals surface area contributed by atoms with Gasteiger partial charge in [-0.3, -0.25) is 14.4 Å². The first-order valence-corrected chi connectivity index (χ1v) is 12.8. The quantitative estimate of drug-likeness (QED) is 0.398. The number of fused-ring (bicyclic) bond motifs is 4. The molecule has 8 nitrogen and oxygen atoms in total. The molecule has 0 unspecified atom stereocenters. The Morgan fingerprint density at radius 1 is 0.838 bits per heavy atom. The summed E-state index contributed by atoms with van der Waals surface area (Å²) in [5, 5.41) is 4.95. The van der Waals surface area contributed by atoms with Crippen molar-refractivity contribution < 1.29 is 14.4 Å². The zero-order chi connectivity index (χ0) is 25.9. The topological polar surface area (TPSA) is 101 Å².